The molecule has 0 aliphatic heterocycles. The van der Waals surface area contributed by atoms with Gasteiger partial charge in [0.25, 0.3) is 0 Å². The highest BCUT2D eigenvalue weighted by molar-refractivity contribution is 7.44. The molecule has 0 bridgehead atoms. The first kappa shape index (κ1) is 14.9. The summed E-state index contributed by atoms with van der Waals surface area (Å²) in [6, 6.07) is 1.60. The second kappa shape index (κ2) is 6.47. The molecule has 0 amide bonds. The third-order valence-electron chi connectivity index (χ3n) is 2.03. The van der Waals surface area contributed by atoms with Crippen molar-refractivity contribution in [3.8, 4) is 0 Å². The monoisotopic (exact) mass is 276 g/mol. The maximum Gasteiger partial charge on any atom is 0.500 e. The summed E-state index contributed by atoms with van der Waals surface area (Å²) in [5.41, 5.74) is 0. The number of hydrogen-bond donors (Lipinski definition) is 0. The molecule has 3 nitrogen and oxygen atoms in total. The molecule has 0 aromatic carbocycles. The normalized spacial score (nSPS) is 13.3. The van der Waals surface area contributed by atoms with Gasteiger partial charge in [-0.3, -0.25) is 0 Å². The average Bonchev–Trinajstić information content (AvgIpc) is 2.11. The zero-order valence-corrected chi connectivity index (χ0v) is 12.6. The standard InChI is InChI=1S/C7H18Cl2O3Si2/c1-10-14(11-2,12-3)7-5-6-13(4,8)9/h5-7H2,1-4H3. The van der Waals surface area contributed by atoms with Gasteiger partial charge in [0.05, 0.1) is 0 Å². The van der Waals surface area contributed by atoms with Crippen molar-refractivity contribution < 1.29 is 13.3 Å². The third-order valence-corrected chi connectivity index (χ3v) is 7.23. The summed E-state index contributed by atoms with van der Waals surface area (Å²) in [7, 11) is 2.41. The van der Waals surface area contributed by atoms with Crippen LogP contribution in [0.3, 0.4) is 0 Å². The summed E-state index contributed by atoms with van der Waals surface area (Å²) in [5.74, 6) is 0. The minimum Gasteiger partial charge on any atom is -0.377 e. The summed E-state index contributed by atoms with van der Waals surface area (Å²) in [6.45, 7) is -0.0868. The van der Waals surface area contributed by atoms with Crippen molar-refractivity contribution in [3.63, 3.8) is 0 Å². The van der Waals surface area contributed by atoms with E-state index in [1.807, 2.05) is 6.55 Å². The van der Waals surface area contributed by atoms with Crippen LogP contribution in [0, 0.1) is 0 Å². The quantitative estimate of drug-likeness (QED) is 0.529. The van der Waals surface area contributed by atoms with E-state index < -0.39 is 15.5 Å². The molecule has 86 valence electrons. The van der Waals surface area contributed by atoms with E-state index in [2.05, 4.69) is 0 Å². The molecule has 0 heterocycles. The van der Waals surface area contributed by atoms with Crippen LogP contribution in [0.2, 0.25) is 18.6 Å². The molecule has 14 heavy (non-hydrogen) atoms. The molecule has 0 aromatic rings. The first-order chi connectivity index (χ1) is 6.39. The molecule has 0 saturated carbocycles. The molecular formula is C7H18Cl2O3Si2. The summed E-state index contributed by atoms with van der Waals surface area (Å²) in [4.78, 5) is 0. The Morgan fingerprint density at radius 1 is 0.929 bits per heavy atom. The Kier molecular flexibility index (Phi) is 6.88. The minimum atomic E-state index is -2.41. The van der Waals surface area contributed by atoms with Crippen molar-refractivity contribution in [2.75, 3.05) is 21.3 Å². The number of rotatable bonds is 7. The number of hydrogen-bond acceptors (Lipinski definition) is 3. The smallest absolute Gasteiger partial charge is 0.377 e. The SMILES string of the molecule is CO[Si](CCC[Si](C)(Cl)Cl)(OC)OC. The maximum atomic E-state index is 5.99. The Morgan fingerprint density at radius 3 is 1.64 bits per heavy atom. The maximum absolute atomic E-state index is 5.99. The summed E-state index contributed by atoms with van der Waals surface area (Å²) in [5, 5.41) is 0. The molecule has 0 aliphatic rings. The van der Waals surface area contributed by atoms with Crippen LogP contribution in [0.4, 0.5) is 0 Å². The molecule has 7 heteroatoms. The van der Waals surface area contributed by atoms with Gasteiger partial charge in [-0.15, -0.1) is 22.2 Å². The fraction of sp³-hybridized carbons (Fsp3) is 1.00. The van der Waals surface area contributed by atoms with Crippen LogP contribution in [0.1, 0.15) is 6.42 Å². The van der Waals surface area contributed by atoms with E-state index in [0.29, 0.717) is 0 Å². The molecule has 0 N–H and O–H groups in total. The van der Waals surface area contributed by atoms with E-state index in [0.717, 1.165) is 18.5 Å². The zero-order valence-electron chi connectivity index (χ0n) is 9.10. The van der Waals surface area contributed by atoms with Gasteiger partial charge in [0.15, 0.2) is 0 Å². The van der Waals surface area contributed by atoms with Gasteiger partial charge in [0.1, 0.15) is 0 Å². The number of halogens is 2. The van der Waals surface area contributed by atoms with E-state index in [9.17, 15) is 0 Å². The molecule has 0 atom stereocenters. The lowest BCUT2D eigenvalue weighted by Gasteiger charge is -2.24. The van der Waals surface area contributed by atoms with E-state index in [1.54, 1.807) is 21.3 Å². The molecule has 0 aliphatic carbocycles. The predicted molar refractivity (Wildman–Crippen MR) is 64.3 cm³/mol. The Bertz CT molecular complexity index is 151. The van der Waals surface area contributed by atoms with Crippen molar-refractivity contribution in [3.05, 3.63) is 0 Å². The highest BCUT2D eigenvalue weighted by atomic mass is 35.7. The Labute approximate surface area is 97.4 Å². The zero-order chi connectivity index (χ0) is 11.2. The van der Waals surface area contributed by atoms with Crippen LogP contribution in [-0.4, -0.2) is 36.8 Å². The molecule has 0 aromatic heterocycles. The van der Waals surface area contributed by atoms with E-state index in [-0.39, 0.29) is 0 Å². The fourth-order valence-electron chi connectivity index (χ4n) is 1.17. The van der Waals surface area contributed by atoms with Crippen molar-refractivity contribution in [1.82, 2.24) is 0 Å². The first-order valence-electron chi connectivity index (χ1n) is 4.42. The topological polar surface area (TPSA) is 27.7 Å². The Hall–Kier alpha value is 0.894. The summed E-state index contributed by atoms with van der Waals surface area (Å²) < 4.78 is 15.8. The van der Waals surface area contributed by atoms with E-state index >= 15 is 0 Å². The fourth-order valence-corrected chi connectivity index (χ4v) is 4.85. The molecule has 0 saturated heterocycles. The Morgan fingerprint density at radius 2 is 1.36 bits per heavy atom. The van der Waals surface area contributed by atoms with Gasteiger partial charge in [0, 0.05) is 27.4 Å². The van der Waals surface area contributed by atoms with Gasteiger partial charge in [-0.25, -0.2) is 0 Å². The predicted octanol–water partition coefficient (Wildman–Crippen LogP) is 2.80. The van der Waals surface area contributed by atoms with Crippen molar-refractivity contribution in [2.24, 2.45) is 0 Å². The van der Waals surface area contributed by atoms with Crippen molar-refractivity contribution >= 4 is 37.7 Å². The first-order valence-corrected chi connectivity index (χ1v) is 11.1. The Balaban J connectivity index is 3.95. The van der Waals surface area contributed by atoms with Crippen LogP contribution in [-0.2, 0) is 13.3 Å². The minimum absolute atomic E-state index is 0.762. The summed E-state index contributed by atoms with van der Waals surface area (Å²) in [6.07, 6.45) is 0.886. The van der Waals surface area contributed by atoms with Gasteiger partial charge < -0.3 is 13.3 Å². The highest BCUT2D eigenvalue weighted by Gasteiger charge is 2.37. The van der Waals surface area contributed by atoms with Crippen LogP contribution in [0.25, 0.3) is 0 Å². The second-order valence-electron chi connectivity index (χ2n) is 3.22. The van der Waals surface area contributed by atoms with Gasteiger partial charge >= 0.3 is 8.80 Å². The highest BCUT2D eigenvalue weighted by Crippen LogP contribution is 2.25. The van der Waals surface area contributed by atoms with Crippen LogP contribution < -0.4 is 0 Å². The molecular weight excluding hydrogens is 259 g/mol. The lowest BCUT2D eigenvalue weighted by atomic mass is 10.6. The van der Waals surface area contributed by atoms with Crippen molar-refractivity contribution in [2.45, 2.75) is 25.1 Å². The van der Waals surface area contributed by atoms with Crippen LogP contribution in [0.15, 0.2) is 0 Å². The largest absolute Gasteiger partial charge is 0.500 e. The lowest BCUT2D eigenvalue weighted by Crippen LogP contribution is -2.42. The van der Waals surface area contributed by atoms with Gasteiger partial charge in [-0.1, -0.05) is 0 Å². The van der Waals surface area contributed by atoms with Gasteiger partial charge in [-0.2, -0.15) is 0 Å². The van der Waals surface area contributed by atoms with E-state index in [1.165, 1.54) is 0 Å². The molecule has 0 fully saturated rings. The van der Waals surface area contributed by atoms with Crippen molar-refractivity contribution in [1.29, 1.82) is 0 Å². The molecule has 0 spiro atoms. The van der Waals surface area contributed by atoms with E-state index in [4.69, 9.17) is 35.4 Å². The second-order valence-corrected chi connectivity index (χ2v) is 14.5. The van der Waals surface area contributed by atoms with Gasteiger partial charge in [-0.05, 0) is 19.0 Å². The third kappa shape index (κ3) is 5.70. The summed E-state index contributed by atoms with van der Waals surface area (Å²) >= 11 is 12.0. The average molecular weight is 277 g/mol. The molecule has 0 rings (SSSR count). The van der Waals surface area contributed by atoms with Crippen LogP contribution >= 0.6 is 22.2 Å². The van der Waals surface area contributed by atoms with Gasteiger partial charge in [0.2, 0.25) is 6.69 Å². The molecule has 0 unspecified atom stereocenters. The molecule has 0 radical (unpaired) electrons. The van der Waals surface area contributed by atoms with Crippen LogP contribution in [0.5, 0.6) is 0 Å². The lowest BCUT2D eigenvalue weighted by molar-refractivity contribution is 0.123.